The van der Waals surface area contributed by atoms with E-state index in [-0.39, 0.29) is 10.6 Å². The van der Waals surface area contributed by atoms with Gasteiger partial charge in [0.1, 0.15) is 6.26 Å². The Morgan fingerprint density at radius 3 is 2.53 bits per heavy atom. The fraction of sp³-hybridized carbons (Fsp3) is 0.318. The summed E-state index contributed by atoms with van der Waals surface area (Å²) >= 11 is 0. The highest BCUT2D eigenvalue weighted by molar-refractivity contribution is 7.89. The van der Waals surface area contributed by atoms with Crippen molar-refractivity contribution in [3.05, 3.63) is 75.7 Å². The molecule has 1 aliphatic rings. The standard InChI is InChI=1S/C22H24N4O5S/c1-16-6-7-21(17(2)12-16)22-23-18(15-31-22)14-24-8-10-25(11-9-24)32(29,30)20-5-3-4-19(13-20)26(27)28/h3-7,12-13,15H,8-11,14H2,1-2H3. The molecule has 0 unspecified atom stereocenters. The molecule has 10 heteroatoms. The van der Waals surface area contributed by atoms with E-state index in [9.17, 15) is 18.5 Å². The number of piperazine rings is 1. The van der Waals surface area contributed by atoms with Gasteiger partial charge in [-0.2, -0.15) is 4.31 Å². The summed E-state index contributed by atoms with van der Waals surface area (Å²) in [5.74, 6) is 0.574. The number of rotatable bonds is 6. The number of nitro groups is 1. The molecule has 1 fully saturated rings. The zero-order chi connectivity index (χ0) is 22.9. The van der Waals surface area contributed by atoms with E-state index in [1.54, 1.807) is 6.26 Å². The van der Waals surface area contributed by atoms with Crippen LogP contribution < -0.4 is 0 Å². The Morgan fingerprint density at radius 1 is 1.09 bits per heavy atom. The van der Waals surface area contributed by atoms with Gasteiger partial charge < -0.3 is 4.42 Å². The summed E-state index contributed by atoms with van der Waals surface area (Å²) in [6.45, 7) is 6.27. The SMILES string of the molecule is Cc1ccc(-c2nc(CN3CCN(S(=O)(=O)c4cccc([N+](=O)[O-])c4)CC3)co2)c(C)c1. The quantitative estimate of drug-likeness (QED) is 0.413. The first-order valence-corrected chi connectivity index (χ1v) is 11.7. The Morgan fingerprint density at radius 2 is 1.84 bits per heavy atom. The van der Waals surface area contributed by atoms with E-state index in [2.05, 4.69) is 16.0 Å². The third kappa shape index (κ3) is 4.57. The minimum Gasteiger partial charge on any atom is -0.444 e. The molecule has 1 aromatic heterocycles. The van der Waals surface area contributed by atoms with Crippen molar-refractivity contribution in [3.63, 3.8) is 0 Å². The topological polar surface area (TPSA) is 110 Å². The van der Waals surface area contributed by atoms with E-state index in [1.807, 2.05) is 26.0 Å². The van der Waals surface area contributed by atoms with Gasteiger partial charge in [0.15, 0.2) is 0 Å². The summed E-state index contributed by atoms with van der Waals surface area (Å²) < 4.78 is 32.8. The van der Waals surface area contributed by atoms with Crippen LogP contribution in [0.3, 0.4) is 0 Å². The number of nitrogens with zero attached hydrogens (tertiary/aromatic N) is 4. The Bertz CT molecular complexity index is 1250. The fourth-order valence-corrected chi connectivity index (χ4v) is 5.28. The van der Waals surface area contributed by atoms with Crippen molar-refractivity contribution in [2.24, 2.45) is 0 Å². The summed E-state index contributed by atoms with van der Waals surface area (Å²) in [7, 11) is -3.79. The predicted molar refractivity (Wildman–Crippen MR) is 119 cm³/mol. The third-order valence-electron chi connectivity index (χ3n) is 5.55. The van der Waals surface area contributed by atoms with Gasteiger partial charge in [-0.1, -0.05) is 23.8 Å². The van der Waals surface area contributed by atoms with Crippen LogP contribution >= 0.6 is 0 Å². The van der Waals surface area contributed by atoms with Gasteiger partial charge >= 0.3 is 0 Å². The molecule has 2 aromatic carbocycles. The van der Waals surface area contributed by atoms with E-state index >= 15 is 0 Å². The predicted octanol–water partition coefficient (Wildman–Crippen LogP) is 3.37. The van der Waals surface area contributed by atoms with Crippen molar-refractivity contribution >= 4 is 15.7 Å². The average Bonchev–Trinajstić information content (AvgIpc) is 3.22. The number of benzene rings is 2. The Labute approximate surface area is 186 Å². The van der Waals surface area contributed by atoms with E-state index in [1.165, 1.54) is 28.1 Å². The monoisotopic (exact) mass is 456 g/mol. The molecule has 0 N–H and O–H groups in total. The Hall–Kier alpha value is -3.08. The summed E-state index contributed by atoms with van der Waals surface area (Å²) in [5.41, 5.74) is 3.77. The number of hydrogen-bond donors (Lipinski definition) is 0. The van der Waals surface area contributed by atoms with Crippen molar-refractivity contribution in [2.75, 3.05) is 26.2 Å². The molecule has 9 nitrogen and oxygen atoms in total. The molecule has 0 atom stereocenters. The Balaban J connectivity index is 1.40. The smallest absolute Gasteiger partial charge is 0.270 e. The largest absolute Gasteiger partial charge is 0.444 e. The average molecular weight is 457 g/mol. The van der Waals surface area contributed by atoms with Gasteiger partial charge in [0, 0.05) is 50.4 Å². The second-order valence-corrected chi connectivity index (χ2v) is 9.84. The van der Waals surface area contributed by atoms with E-state index in [0.29, 0.717) is 38.6 Å². The van der Waals surface area contributed by atoms with Crippen LogP contribution in [0.5, 0.6) is 0 Å². The van der Waals surface area contributed by atoms with Gasteiger partial charge in [-0.3, -0.25) is 15.0 Å². The first-order chi connectivity index (χ1) is 15.2. The van der Waals surface area contributed by atoms with Crippen LogP contribution in [-0.2, 0) is 16.6 Å². The number of oxazole rings is 1. The molecule has 0 radical (unpaired) electrons. The molecule has 0 amide bonds. The van der Waals surface area contributed by atoms with Gasteiger partial charge in [0.05, 0.1) is 15.5 Å². The van der Waals surface area contributed by atoms with E-state index < -0.39 is 14.9 Å². The van der Waals surface area contributed by atoms with Gasteiger partial charge in [0.25, 0.3) is 5.69 Å². The number of aromatic nitrogens is 1. The van der Waals surface area contributed by atoms with Crippen LogP contribution in [0.15, 0.2) is 58.0 Å². The van der Waals surface area contributed by atoms with Crippen LogP contribution in [0.4, 0.5) is 5.69 Å². The minimum atomic E-state index is -3.79. The van der Waals surface area contributed by atoms with Crippen LogP contribution in [0, 0.1) is 24.0 Å². The van der Waals surface area contributed by atoms with Gasteiger partial charge in [-0.25, -0.2) is 13.4 Å². The molecule has 4 rings (SSSR count). The van der Waals surface area contributed by atoms with Crippen molar-refractivity contribution in [3.8, 4) is 11.5 Å². The lowest BCUT2D eigenvalue weighted by molar-refractivity contribution is -0.385. The first kappa shape index (κ1) is 22.1. The van der Waals surface area contributed by atoms with Crippen LogP contribution in [0.2, 0.25) is 0 Å². The summed E-state index contributed by atoms with van der Waals surface area (Å²) in [6.07, 6.45) is 1.64. The number of hydrogen-bond acceptors (Lipinski definition) is 7. The zero-order valence-electron chi connectivity index (χ0n) is 17.9. The highest BCUT2D eigenvalue weighted by Crippen LogP contribution is 2.25. The van der Waals surface area contributed by atoms with Crippen LogP contribution in [0.1, 0.15) is 16.8 Å². The van der Waals surface area contributed by atoms with E-state index in [4.69, 9.17) is 4.42 Å². The normalized spacial score (nSPS) is 15.7. The fourth-order valence-electron chi connectivity index (χ4n) is 3.82. The molecular weight excluding hydrogens is 432 g/mol. The second-order valence-electron chi connectivity index (χ2n) is 7.90. The van der Waals surface area contributed by atoms with Crippen molar-refractivity contribution in [2.45, 2.75) is 25.3 Å². The van der Waals surface area contributed by atoms with Gasteiger partial charge in [-0.15, -0.1) is 0 Å². The molecule has 1 aliphatic heterocycles. The summed E-state index contributed by atoms with van der Waals surface area (Å²) in [4.78, 5) is 17.0. The molecule has 0 spiro atoms. The molecule has 3 aromatic rings. The second kappa shape index (κ2) is 8.81. The van der Waals surface area contributed by atoms with Gasteiger partial charge in [0.2, 0.25) is 15.9 Å². The highest BCUT2D eigenvalue weighted by atomic mass is 32.2. The highest BCUT2D eigenvalue weighted by Gasteiger charge is 2.29. The van der Waals surface area contributed by atoms with Crippen LogP contribution in [-0.4, -0.2) is 53.7 Å². The molecule has 168 valence electrons. The maximum atomic E-state index is 12.9. The van der Waals surface area contributed by atoms with Crippen LogP contribution in [0.25, 0.3) is 11.5 Å². The molecule has 0 bridgehead atoms. The number of aryl methyl sites for hydroxylation is 2. The maximum absolute atomic E-state index is 12.9. The lowest BCUT2D eigenvalue weighted by Crippen LogP contribution is -2.48. The summed E-state index contributed by atoms with van der Waals surface area (Å²) in [6, 6.07) is 11.3. The van der Waals surface area contributed by atoms with Crippen molar-refractivity contribution in [1.82, 2.24) is 14.2 Å². The number of nitro benzene ring substituents is 1. The van der Waals surface area contributed by atoms with E-state index in [0.717, 1.165) is 22.9 Å². The molecule has 0 saturated carbocycles. The first-order valence-electron chi connectivity index (χ1n) is 10.2. The molecule has 0 aliphatic carbocycles. The number of non-ortho nitro benzene ring substituents is 1. The molecule has 1 saturated heterocycles. The summed E-state index contributed by atoms with van der Waals surface area (Å²) in [5, 5.41) is 11.0. The number of sulfonamides is 1. The molecule has 32 heavy (non-hydrogen) atoms. The van der Waals surface area contributed by atoms with Gasteiger partial charge in [-0.05, 0) is 31.5 Å². The maximum Gasteiger partial charge on any atom is 0.270 e. The molecular formula is C22H24N4O5S. The Kier molecular flexibility index (Phi) is 6.09. The third-order valence-corrected chi connectivity index (χ3v) is 7.44. The minimum absolute atomic E-state index is 0.0604. The lowest BCUT2D eigenvalue weighted by atomic mass is 10.1. The zero-order valence-corrected chi connectivity index (χ0v) is 18.7. The lowest BCUT2D eigenvalue weighted by Gasteiger charge is -2.33. The van der Waals surface area contributed by atoms with Crippen molar-refractivity contribution in [1.29, 1.82) is 0 Å². The molecule has 2 heterocycles. The van der Waals surface area contributed by atoms with Crippen molar-refractivity contribution < 1.29 is 17.8 Å².